The minimum atomic E-state index is -2.97. The van der Waals surface area contributed by atoms with Gasteiger partial charge in [0.25, 0.3) is 0 Å². The average molecular weight is 338 g/mol. The van der Waals surface area contributed by atoms with E-state index in [9.17, 15) is 13.5 Å². The number of fused-ring (bicyclic) bond motifs is 1. The minimum absolute atomic E-state index is 0.0732. The zero-order valence-electron chi connectivity index (χ0n) is 13.2. The Labute approximate surface area is 135 Å². The van der Waals surface area contributed by atoms with E-state index in [-0.39, 0.29) is 23.6 Å². The summed E-state index contributed by atoms with van der Waals surface area (Å²) in [6.07, 6.45) is -0.463. The van der Waals surface area contributed by atoms with Gasteiger partial charge in [0.05, 0.1) is 17.5 Å². The van der Waals surface area contributed by atoms with Gasteiger partial charge in [-0.1, -0.05) is 18.2 Å². The van der Waals surface area contributed by atoms with Gasteiger partial charge in [-0.05, 0) is 31.9 Å². The molecule has 2 heterocycles. The monoisotopic (exact) mass is 338 g/mol. The molecular formula is C16H22N2O4S. The number of aliphatic hydroxyl groups excluding tert-OH is 1. The molecule has 0 bridgehead atoms. The second-order valence-corrected chi connectivity index (χ2v) is 8.37. The van der Waals surface area contributed by atoms with E-state index in [1.54, 1.807) is 0 Å². The van der Waals surface area contributed by atoms with Crippen molar-refractivity contribution >= 4 is 20.8 Å². The molecule has 0 radical (unpaired) electrons. The summed E-state index contributed by atoms with van der Waals surface area (Å²) in [5.41, 5.74) is 1.86. The molecule has 7 heteroatoms. The van der Waals surface area contributed by atoms with Gasteiger partial charge in [-0.25, -0.2) is 8.42 Å². The normalized spacial score (nSPS) is 23.2. The Balaban J connectivity index is 1.66. The Kier molecular flexibility index (Phi) is 4.46. The first-order valence-corrected chi connectivity index (χ1v) is 9.56. The molecule has 6 nitrogen and oxygen atoms in total. The van der Waals surface area contributed by atoms with Gasteiger partial charge >= 0.3 is 0 Å². The fourth-order valence-electron chi connectivity index (χ4n) is 3.12. The van der Waals surface area contributed by atoms with E-state index in [2.05, 4.69) is 10.6 Å². The van der Waals surface area contributed by atoms with Gasteiger partial charge in [-0.2, -0.15) is 0 Å². The van der Waals surface area contributed by atoms with Crippen molar-refractivity contribution in [3.8, 4) is 0 Å². The van der Waals surface area contributed by atoms with E-state index in [0.29, 0.717) is 6.42 Å². The van der Waals surface area contributed by atoms with Gasteiger partial charge in [0.1, 0.15) is 11.3 Å². The Morgan fingerprint density at radius 2 is 2.09 bits per heavy atom. The highest BCUT2D eigenvalue weighted by Crippen LogP contribution is 2.29. The first-order valence-electron chi connectivity index (χ1n) is 7.74. The summed E-state index contributed by atoms with van der Waals surface area (Å²) < 4.78 is 28.8. The fourth-order valence-corrected chi connectivity index (χ4v) is 4.80. The molecule has 1 fully saturated rings. The molecular weight excluding hydrogens is 316 g/mol. The standard InChI is InChI=1S/C16H22N2O4S/c1-10-13-5-3-4-6-14(13)22-15(10)11(2)17-16(19)18-12-7-8-23(20,21)9-12/h3-6,11-12,16-19H,7-9H2,1-2H3. The van der Waals surface area contributed by atoms with Crippen molar-refractivity contribution in [2.24, 2.45) is 0 Å². The molecule has 0 spiro atoms. The van der Waals surface area contributed by atoms with Crippen LogP contribution in [0.4, 0.5) is 0 Å². The Bertz CT molecular complexity index is 800. The van der Waals surface area contributed by atoms with E-state index in [1.807, 2.05) is 38.1 Å². The van der Waals surface area contributed by atoms with Gasteiger partial charge < -0.3 is 9.52 Å². The van der Waals surface area contributed by atoms with Crippen LogP contribution in [-0.4, -0.2) is 37.4 Å². The van der Waals surface area contributed by atoms with Crippen molar-refractivity contribution in [3.05, 3.63) is 35.6 Å². The summed E-state index contributed by atoms with van der Waals surface area (Å²) in [4.78, 5) is 0. The molecule has 3 unspecified atom stereocenters. The molecule has 0 aliphatic carbocycles. The van der Waals surface area contributed by atoms with E-state index in [4.69, 9.17) is 4.42 Å². The summed E-state index contributed by atoms with van der Waals surface area (Å²) >= 11 is 0. The third kappa shape index (κ3) is 3.58. The maximum absolute atomic E-state index is 11.5. The maximum Gasteiger partial charge on any atom is 0.161 e. The molecule has 0 saturated carbocycles. The Morgan fingerprint density at radius 3 is 2.74 bits per heavy atom. The van der Waals surface area contributed by atoms with E-state index in [1.165, 1.54) is 0 Å². The number of hydrogen-bond donors (Lipinski definition) is 3. The third-order valence-corrected chi connectivity index (χ3v) is 6.08. The lowest BCUT2D eigenvalue weighted by molar-refractivity contribution is 0.0775. The zero-order valence-corrected chi connectivity index (χ0v) is 14.1. The summed E-state index contributed by atoms with van der Waals surface area (Å²) in [5.74, 6) is 1.02. The van der Waals surface area contributed by atoms with Crippen LogP contribution >= 0.6 is 0 Å². The van der Waals surface area contributed by atoms with Crippen molar-refractivity contribution < 1.29 is 17.9 Å². The first-order chi connectivity index (χ1) is 10.9. The molecule has 1 aromatic carbocycles. The molecule has 3 rings (SSSR count). The predicted molar refractivity (Wildman–Crippen MR) is 88.7 cm³/mol. The smallest absolute Gasteiger partial charge is 0.161 e. The van der Waals surface area contributed by atoms with Crippen LogP contribution in [0.2, 0.25) is 0 Å². The largest absolute Gasteiger partial charge is 0.459 e. The summed E-state index contributed by atoms with van der Waals surface area (Å²) in [5, 5.41) is 17.1. The van der Waals surface area contributed by atoms with Crippen molar-refractivity contribution in [1.82, 2.24) is 10.6 Å². The topological polar surface area (TPSA) is 91.6 Å². The first kappa shape index (κ1) is 16.4. The number of benzene rings is 1. The highest BCUT2D eigenvalue weighted by atomic mass is 32.2. The molecule has 126 valence electrons. The highest BCUT2D eigenvalue weighted by Gasteiger charge is 2.29. The Hall–Kier alpha value is -1.41. The lowest BCUT2D eigenvalue weighted by atomic mass is 10.1. The second-order valence-electron chi connectivity index (χ2n) is 6.14. The van der Waals surface area contributed by atoms with Crippen LogP contribution in [0.1, 0.15) is 30.7 Å². The number of aliphatic hydroxyl groups is 1. The van der Waals surface area contributed by atoms with Crippen LogP contribution in [0.15, 0.2) is 28.7 Å². The number of hydrogen-bond acceptors (Lipinski definition) is 6. The lowest BCUT2D eigenvalue weighted by Gasteiger charge is -2.22. The molecule has 1 aliphatic rings. The molecule has 3 atom stereocenters. The number of nitrogens with one attached hydrogen (secondary N) is 2. The summed E-state index contributed by atoms with van der Waals surface area (Å²) in [6, 6.07) is 7.38. The van der Waals surface area contributed by atoms with Crippen LogP contribution in [0.25, 0.3) is 11.0 Å². The van der Waals surface area contributed by atoms with Crippen LogP contribution in [0.5, 0.6) is 0 Å². The average Bonchev–Trinajstić information content (AvgIpc) is 2.99. The van der Waals surface area contributed by atoms with Gasteiger partial charge in [-0.15, -0.1) is 0 Å². The van der Waals surface area contributed by atoms with Gasteiger partial charge in [0, 0.05) is 11.4 Å². The number of aryl methyl sites for hydroxylation is 1. The summed E-state index contributed by atoms with van der Waals surface area (Å²) in [7, 11) is -2.97. The molecule has 1 aromatic heterocycles. The number of furan rings is 1. The van der Waals surface area contributed by atoms with Crippen molar-refractivity contribution in [3.63, 3.8) is 0 Å². The van der Waals surface area contributed by atoms with Crippen LogP contribution in [0, 0.1) is 6.92 Å². The van der Waals surface area contributed by atoms with Crippen molar-refractivity contribution in [1.29, 1.82) is 0 Å². The number of para-hydroxylation sites is 1. The molecule has 0 amide bonds. The van der Waals surface area contributed by atoms with E-state index < -0.39 is 16.2 Å². The lowest BCUT2D eigenvalue weighted by Crippen LogP contribution is -2.48. The second kappa shape index (κ2) is 6.24. The van der Waals surface area contributed by atoms with Crippen LogP contribution in [-0.2, 0) is 9.84 Å². The highest BCUT2D eigenvalue weighted by molar-refractivity contribution is 7.91. The van der Waals surface area contributed by atoms with Gasteiger partial charge in [0.15, 0.2) is 16.2 Å². The summed E-state index contributed by atoms with van der Waals surface area (Å²) in [6.45, 7) is 3.89. The SMILES string of the molecule is Cc1c(C(C)NC(O)NC2CCS(=O)(=O)C2)oc2ccccc12. The van der Waals surface area contributed by atoms with Crippen LogP contribution in [0.3, 0.4) is 0 Å². The number of sulfone groups is 1. The maximum atomic E-state index is 11.5. The van der Waals surface area contributed by atoms with E-state index >= 15 is 0 Å². The van der Waals surface area contributed by atoms with E-state index in [0.717, 1.165) is 22.3 Å². The Morgan fingerprint density at radius 1 is 1.35 bits per heavy atom. The van der Waals surface area contributed by atoms with Crippen molar-refractivity contribution in [2.45, 2.75) is 38.7 Å². The third-order valence-electron chi connectivity index (χ3n) is 4.31. The minimum Gasteiger partial charge on any atom is -0.459 e. The van der Waals surface area contributed by atoms with Crippen LogP contribution < -0.4 is 10.6 Å². The number of rotatable bonds is 5. The van der Waals surface area contributed by atoms with Gasteiger partial charge in [-0.3, -0.25) is 10.6 Å². The van der Waals surface area contributed by atoms with Crippen molar-refractivity contribution in [2.75, 3.05) is 11.5 Å². The zero-order chi connectivity index (χ0) is 16.6. The molecule has 2 aromatic rings. The molecule has 1 saturated heterocycles. The molecule has 3 N–H and O–H groups in total. The predicted octanol–water partition coefficient (Wildman–Crippen LogP) is 1.44. The molecule has 1 aliphatic heterocycles. The molecule has 23 heavy (non-hydrogen) atoms. The fraction of sp³-hybridized carbons (Fsp3) is 0.500. The quantitative estimate of drug-likeness (QED) is 0.715. The van der Waals surface area contributed by atoms with Gasteiger partial charge in [0.2, 0.25) is 0 Å².